The van der Waals surface area contributed by atoms with Crippen LogP contribution in [0.15, 0.2) is 0 Å². The molecule has 2 saturated heterocycles. The Kier molecular flexibility index (Phi) is 3.10. The molecule has 1 saturated carbocycles. The summed E-state index contributed by atoms with van der Waals surface area (Å²) >= 11 is 0. The van der Waals surface area contributed by atoms with Gasteiger partial charge in [-0.25, -0.2) is 0 Å². The predicted octanol–water partition coefficient (Wildman–Crippen LogP) is 1.06. The summed E-state index contributed by atoms with van der Waals surface area (Å²) in [5.41, 5.74) is 0.195. The monoisotopic (exact) mass is 252 g/mol. The molecular formula is C14H24N2O2. The van der Waals surface area contributed by atoms with Gasteiger partial charge in [0, 0.05) is 19.3 Å². The maximum absolute atomic E-state index is 12.5. The van der Waals surface area contributed by atoms with Gasteiger partial charge in [-0.05, 0) is 50.6 Å². The van der Waals surface area contributed by atoms with Gasteiger partial charge in [0.1, 0.15) is 0 Å². The second-order valence-electron chi connectivity index (χ2n) is 6.40. The molecule has 2 aliphatic heterocycles. The highest BCUT2D eigenvalue weighted by molar-refractivity contribution is 5.87. The number of hydrogen-bond acceptors (Lipinski definition) is 3. The van der Waals surface area contributed by atoms with Crippen molar-refractivity contribution in [2.24, 2.45) is 10.8 Å². The van der Waals surface area contributed by atoms with Crippen molar-refractivity contribution in [3.05, 3.63) is 0 Å². The van der Waals surface area contributed by atoms with E-state index < -0.39 is 0 Å². The van der Waals surface area contributed by atoms with E-state index in [2.05, 4.69) is 17.6 Å². The van der Waals surface area contributed by atoms with Crippen molar-refractivity contribution in [2.75, 3.05) is 26.3 Å². The Labute approximate surface area is 109 Å². The van der Waals surface area contributed by atoms with Gasteiger partial charge in [-0.1, -0.05) is 6.92 Å². The van der Waals surface area contributed by atoms with E-state index >= 15 is 0 Å². The highest BCUT2D eigenvalue weighted by Gasteiger charge is 2.67. The van der Waals surface area contributed by atoms with Crippen LogP contribution >= 0.6 is 0 Å². The first kappa shape index (κ1) is 12.4. The molecule has 4 heteroatoms. The number of amides is 1. The second kappa shape index (κ2) is 4.49. The highest BCUT2D eigenvalue weighted by Crippen LogP contribution is 2.68. The van der Waals surface area contributed by atoms with Crippen molar-refractivity contribution >= 4 is 5.91 Å². The Morgan fingerprint density at radius 1 is 1.28 bits per heavy atom. The third-order valence-corrected chi connectivity index (χ3v) is 5.36. The fourth-order valence-electron chi connectivity index (χ4n) is 3.77. The molecule has 1 amide bonds. The van der Waals surface area contributed by atoms with E-state index in [0.29, 0.717) is 11.5 Å². The molecule has 1 atom stereocenters. The zero-order valence-electron chi connectivity index (χ0n) is 11.3. The van der Waals surface area contributed by atoms with Crippen LogP contribution in [0.1, 0.15) is 39.0 Å². The first-order valence-corrected chi connectivity index (χ1v) is 7.26. The molecule has 1 spiro atoms. The van der Waals surface area contributed by atoms with E-state index in [4.69, 9.17) is 4.74 Å². The number of piperidine rings is 1. The zero-order valence-corrected chi connectivity index (χ0v) is 11.3. The molecule has 3 aliphatic rings. The average molecular weight is 252 g/mol. The Bertz CT molecular complexity index is 333. The number of ether oxygens (including phenoxy) is 1. The summed E-state index contributed by atoms with van der Waals surface area (Å²) in [5.74, 6) is 0.288. The van der Waals surface area contributed by atoms with Crippen LogP contribution in [0, 0.1) is 10.8 Å². The molecule has 3 fully saturated rings. The summed E-state index contributed by atoms with van der Waals surface area (Å²) in [6.45, 7) is 5.88. The van der Waals surface area contributed by atoms with Gasteiger partial charge in [-0.15, -0.1) is 0 Å². The van der Waals surface area contributed by atoms with Gasteiger partial charge >= 0.3 is 0 Å². The largest absolute Gasteiger partial charge is 0.381 e. The smallest absolute Gasteiger partial charge is 0.226 e. The minimum atomic E-state index is -0.104. The van der Waals surface area contributed by atoms with E-state index in [1.807, 2.05) is 0 Å². The minimum absolute atomic E-state index is 0.104. The molecule has 3 rings (SSSR count). The van der Waals surface area contributed by atoms with Gasteiger partial charge in [0.05, 0.1) is 5.41 Å². The minimum Gasteiger partial charge on any atom is -0.381 e. The Balaban J connectivity index is 1.59. The lowest BCUT2D eigenvalue weighted by molar-refractivity contribution is -0.128. The molecule has 0 aromatic rings. The van der Waals surface area contributed by atoms with Crippen LogP contribution in [-0.4, -0.2) is 38.3 Å². The maximum Gasteiger partial charge on any atom is 0.226 e. The molecule has 1 unspecified atom stereocenters. The third-order valence-electron chi connectivity index (χ3n) is 5.36. The molecule has 0 aromatic carbocycles. The normalized spacial score (nSPS) is 35.4. The number of carbonyl (C=O) groups is 1. The maximum atomic E-state index is 12.5. The van der Waals surface area contributed by atoms with Crippen molar-refractivity contribution in [3.63, 3.8) is 0 Å². The van der Waals surface area contributed by atoms with Crippen LogP contribution in [0.3, 0.4) is 0 Å². The Morgan fingerprint density at radius 3 is 2.61 bits per heavy atom. The summed E-state index contributed by atoms with van der Waals surface area (Å²) in [4.78, 5) is 12.5. The van der Waals surface area contributed by atoms with E-state index in [1.54, 1.807) is 0 Å². The van der Waals surface area contributed by atoms with Crippen LogP contribution in [0.2, 0.25) is 0 Å². The van der Waals surface area contributed by atoms with E-state index in [9.17, 15) is 4.79 Å². The number of nitrogens with one attached hydrogen (secondary N) is 2. The summed E-state index contributed by atoms with van der Waals surface area (Å²) in [6.07, 6.45) is 5.33. The molecule has 102 valence electrons. The van der Waals surface area contributed by atoms with E-state index in [-0.39, 0.29) is 11.3 Å². The van der Waals surface area contributed by atoms with Crippen LogP contribution < -0.4 is 10.6 Å². The van der Waals surface area contributed by atoms with Crippen LogP contribution in [0.5, 0.6) is 0 Å². The first-order chi connectivity index (χ1) is 8.66. The van der Waals surface area contributed by atoms with Crippen LogP contribution in [0.4, 0.5) is 0 Å². The molecular weight excluding hydrogens is 228 g/mol. The molecule has 0 aromatic heterocycles. The predicted molar refractivity (Wildman–Crippen MR) is 69.2 cm³/mol. The lowest BCUT2D eigenvalue weighted by atomic mass is 9.85. The van der Waals surface area contributed by atoms with E-state index in [0.717, 1.165) is 58.4 Å². The summed E-state index contributed by atoms with van der Waals surface area (Å²) < 4.78 is 5.33. The van der Waals surface area contributed by atoms with Gasteiger partial charge in [-0.3, -0.25) is 4.79 Å². The lowest BCUT2D eigenvalue weighted by Crippen LogP contribution is -2.44. The van der Waals surface area contributed by atoms with Gasteiger partial charge in [0.25, 0.3) is 0 Å². The molecule has 0 radical (unpaired) electrons. The van der Waals surface area contributed by atoms with Gasteiger partial charge < -0.3 is 15.4 Å². The zero-order chi connectivity index (χ0) is 12.6. The van der Waals surface area contributed by atoms with Crippen molar-refractivity contribution in [1.82, 2.24) is 10.6 Å². The van der Waals surface area contributed by atoms with Crippen molar-refractivity contribution in [1.29, 1.82) is 0 Å². The molecule has 2 heterocycles. The second-order valence-corrected chi connectivity index (χ2v) is 6.40. The third kappa shape index (κ3) is 1.95. The van der Waals surface area contributed by atoms with Crippen molar-refractivity contribution in [3.8, 4) is 0 Å². The average Bonchev–Trinajstić information content (AvgIpc) is 2.97. The number of carbonyl (C=O) groups excluding carboxylic acids is 1. The molecule has 18 heavy (non-hydrogen) atoms. The quantitative estimate of drug-likeness (QED) is 0.772. The van der Waals surface area contributed by atoms with Crippen molar-refractivity contribution < 1.29 is 9.53 Å². The van der Waals surface area contributed by atoms with Gasteiger partial charge in [0.15, 0.2) is 0 Å². The standard InChI is InChI=1S/C14H24N2O2/c1-13(10-14(13)4-6-15-7-5-14)12(17)16-11-2-8-18-9-3-11/h11,15H,2-10H2,1H3,(H,16,17). The number of hydrogen-bond donors (Lipinski definition) is 2. The van der Waals surface area contributed by atoms with Crippen LogP contribution in [-0.2, 0) is 9.53 Å². The lowest BCUT2D eigenvalue weighted by Gasteiger charge is -2.29. The van der Waals surface area contributed by atoms with Gasteiger partial charge in [-0.2, -0.15) is 0 Å². The summed E-state index contributed by atoms with van der Waals surface area (Å²) in [7, 11) is 0. The molecule has 0 bridgehead atoms. The first-order valence-electron chi connectivity index (χ1n) is 7.26. The molecule has 2 N–H and O–H groups in total. The van der Waals surface area contributed by atoms with Gasteiger partial charge in [0.2, 0.25) is 5.91 Å². The molecule has 4 nitrogen and oxygen atoms in total. The highest BCUT2D eigenvalue weighted by atomic mass is 16.5. The summed E-state index contributed by atoms with van der Waals surface area (Å²) in [5, 5.41) is 6.64. The summed E-state index contributed by atoms with van der Waals surface area (Å²) in [6, 6.07) is 0.336. The van der Waals surface area contributed by atoms with Crippen molar-refractivity contribution in [2.45, 2.75) is 45.1 Å². The fourth-order valence-corrected chi connectivity index (χ4v) is 3.77. The fraction of sp³-hybridized carbons (Fsp3) is 0.929. The van der Waals surface area contributed by atoms with Crippen LogP contribution in [0.25, 0.3) is 0 Å². The SMILES string of the molecule is CC1(C(=O)NC2CCOCC2)CC12CCNCC2. The Hall–Kier alpha value is -0.610. The van der Waals surface area contributed by atoms with E-state index in [1.165, 1.54) is 0 Å². The molecule has 1 aliphatic carbocycles. The Morgan fingerprint density at radius 2 is 1.94 bits per heavy atom. The number of rotatable bonds is 2. The topological polar surface area (TPSA) is 50.4 Å².